The lowest BCUT2D eigenvalue weighted by atomic mass is 10.0. The van der Waals surface area contributed by atoms with Gasteiger partial charge in [0.25, 0.3) is 0 Å². The first-order valence-corrected chi connectivity index (χ1v) is 19.9. The third kappa shape index (κ3) is 9.90. The Labute approximate surface area is 289 Å². The monoisotopic (exact) mass is 766 g/mol. The zero-order chi connectivity index (χ0) is 36.1. The lowest BCUT2D eigenvalue weighted by molar-refractivity contribution is -0.135. The minimum atomic E-state index is -5.40. The Morgan fingerprint density at radius 3 is 2.64 bits per heavy atom. The first kappa shape index (κ1) is 38.3. The van der Waals surface area contributed by atoms with Crippen molar-refractivity contribution in [2.75, 3.05) is 24.6 Å². The molecule has 5 rings (SSSR count). The number of hydrogen-bond acceptors (Lipinski definition) is 16. The van der Waals surface area contributed by atoms with Gasteiger partial charge in [-0.2, -0.15) is 16.1 Å². The zero-order valence-electron chi connectivity index (χ0n) is 26.6. The summed E-state index contributed by atoms with van der Waals surface area (Å²) in [4.78, 5) is 67.4. The summed E-state index contributed by atoms with van der Waals surface area (Å²) in [6.45, 7) is -0.504. The highest BCUT2D eigenvalue weighted by Crippen LogP contribution is 2.60. The molecule has 0 radical (unpaired) electrons. The van der Waals surface area contributed by atoms with E-state index in [0.717, 1.165) is 31.3 Å². The van der Waals surface area contributed by atoms with Crippen molar-refractivity contribution in [3.63, 3.8) is 0 Å². The van der Waals surface area contributed by atoms with Gasteiger partial charge >= 0.3 is 27.6 Å². The van der Waals surface area contributed by atoms with E-state index in [1.807, 2.05) is 11.8 Å². The quantitative estimate of drug-likeness (QED) is 0.0571. The van der Waals surface area contributed by atoms with Gasteiger partial charge in [-0.15, -0.1) is 0 Å². The second-order valence-electron chi connectivity index (χ2n) is 11.9. The molecule has 3 unspecified atom stereocenters. The summed E-state index contributed by atoms with van der Waals surface area (Å²) in [5, 5.41) is 29.9. The summed E-state index contributed by atoms with van der Waals surface area (Å²) in [6, 6.07) is 0.184. The van der Waals surface area contributed by atoms with Gasteiger partial charge in [0.15, 0.2) is 17.7 Å². The molecule has 3 aliphatic rings. The van der Waals surface area contributed by atoms with Crippen LogP contribution in [-0.4, -0.2) is 112 Å². The van der Waals surface area contributed by atoms with E-state index < -0.39 is 52.8 Å². The molecule has 9 N–H and O–H groups in total. The molecule has 0 aliphatic carbocycles. The van der Waals surface area contributed by atoms with Crippen molar-refractivity contribution >= 4 is 62.3 Å². The molecule has 5 heterocycles. The largest absolute Gasteiger partial charge is 0.538 e. The van der Waals surface area contributed by atoms with Crippen LogP contribution < -0.4 is 21.7 Å². The van der Waals surface area contributed by atoms with Crippen LogP contribution in [0.2, 0.25) is 0 Å². The van der Waals surface area contributed by atoms with Crippen LogP contribution in [0.1, 0.15) is 57.6 Å². The summed E-state index contributed by atoms with van der Waals surface area (Å²) >= 11 is 1.83. The fraction of sp³-hybridized carbons (Fsp3) is 0.692. The number of unbranched alkanes of at least 4 members (excludes halogenated alkanes) is 3. The molecule has 2 aromatic heterocycles. The molecule has 9 atom stereocenters. The number of nitrogens with two attached hydrogens (primary N) is 1. The second kappa shape index (κ2) is 16.6. The van der Waals surface area contributed by atoms with Crippen molar-refractivity contribution in [1.29, 1.82) is 0 Å². The minimum absolute atomic E-state index is 0.0611. The maximum Gasteiger partial charge on any atom is 0.538 e. The predicted octanol–water partition coefficient (Wildman–Crippen LogP) is 0.207. The number of aliphatic hydroxyl groups is 2. The maximum atomic E-state index is 12.3. The van der Waals surface area contributed by atoms with E-state index >= 15 is 0 Å². The number of fused-ring (bicyclic) bond motifs is 2. The van der Waals surface area contributed by atoms with Crippen LogP contribution in [0.3, 0.4) is 0 Å². The van der Waals surface area contributed by atoms with Gasteiger partial charge in [0.2, 0.25) is 5.91 Å². The number of thioether (sulfide) groups is 1. The molecule has 21 nitrogen and oxygen atoms in total. The topological polar surface area (TPSA) is 309 Å². The summed E-state index contributed by atoms with van der Waals surface area (Å²) in [5.74, 6) is -0.316. The van der Waals surface area contributed by atoms with Crippen molar-refractivity contribution in [1.82, 2.24) is 35.5 Å². The first-order valence-electron chi connectivity index (χ1n) is 15.9. The molecule has 24 heteroatoms. The Balaban J connectivity index is 0.930. The Bertz CT molecular complexity index is 1640. The lowest BCUT2D eigenvalue weighted by Gasteiger charge is -2.19. The number of nitrogens with zero attached hydrogens (tertiary/aromatic N) is 4. The number of phosphoric acid groups is 2. The second-order valence-corrected chi connectivity index (χ2v) is 16.2. The number of carbonyl (C=O) groups excluding carboxylic acids is 3. The molecule has 0 aromatic carbocycles. The van der Waals surface area contributed by atoms with Crippen LogP contribution in [0.25, 0.3) is 11.2 Å². The third-order valence-electron chi connectivity index (χ3n) is 8.28. The Hall–Kier alpha value is -2.91. The van der Waals surface area contributed by atoms with E-state index in [9.17, 15) is 43.5 Å². The van der Waals surface area contributed by atoms with E-state index in [2.05, 4.69) is 44.3 Å². The smallest absolute Gasteiger partial charge is 0.387 e. The number of anilines is 1. The Morgan fingerprint density at radius 2 is 1.84 bits per heavy atom. The minimum Gasteiger partial charge on any atom is -0.387 e. The van der Waals surface area contributed by atoms with Crippen molar-refractivity contribution in [3.8, 4) is 0 Å². The van der Waals surface area contributed by atoms with Gasteiger partial charge in [0.1, 0.15) is 30.2 Å². The summed E-state index contributed by atoms with van der Waals surface area (Å²) in [7, 11) is -10.8. The molecular formula is C26H40N8O13P2S. The van der Waals surface area contributed by atoms with Crippen LogP contribution >= 0.6 is 27.4 Å². The van der Waals surface area contributed by atoms with E-state index in [0.29, 0.717) is 31.1 Å². The molecule has 2 aromatic rings. The van der Waals surface area contributed by atoms with Crippen LogP contribution in [0.5, 0.6) is 0 Å². The van der Waals surface area contributed by atoms with Crippen molar-refractivity contribution in [3.05, 3.63) is 12.7 Å². The molecule has 50 heavy (non-hydrogen) atoms. The Kier molecular flexibility index (Phi) is 12.7. The molecular weight excluding hydrogens is 726 g/mol. The predicted molar refractivity (Wildman–Crippen MR) is 174 cm³/mol. The number of carbonyl (C=O) groups is 3. The van der Waals surface area contributed by atoms with Gasteiger partial charge in [-0.3, -0.25) is 23.6 Å². The number of rotatable bonds is 18. The number of nitrogens with one attached hydrogen (secondary N) is 3. The van der Waals surface area contributed by atoms with E-state index in [1.54, 1.807) is 0 Å². The normalized spacial score (nSPS) is 28.4. The molecule has 0 saturated carbocycles. The highest BCUT2D eigenvalue weighted by atomic mass is 32.2. The van der Waals surface area contributed by atoms with Crippen LogP contribution in [0.15, 0.2) is 12.7 Å². The van der Waals surface area contributed by atoms with Crippen LogP contribution in [0.4, 0.5) is 10.6 Å². The highest BCUT2D eigenvalue weighted by molar-refractivity contribution is 8.00. The number of aromatic nitrogens is 4. The molecule has 278 valence electrons. The van der Waals surface area contributed by atoms with Crippen molar-refractivity contribution < 1.29 is 61.6 Å². The first-order chi connectivity index (χ1) is 23.7. The average Bonchev–Trinajstić information content (AvgIpc) is 3.79. The number of phosphoric ester groups is 2. The van der Waals surface area contributed by atoms with Gasteiger partial charge in [-0.1, -0.05) is 12.8 Å². The number of nitrogen functional groups attached to an aromatic ring is 1. The number of aliphatic hydroxyl groups excluding tert-OH is 2. The number of amides is 3. The van der Waals surface area contributed by atoms with Gasteiger partial charge in [-0.25, -0.2) is 28.9 Å². The third-order valence-corrected chi connectivity index (χ3v) is 12.4. The number of hydrogen-bond donors (Lipinski definition) is 8. The van der Waals surface area contributed by atoms with Gasteiger partial charge < -0.3 is 46.1 Å². The van der Waals surface area contributed by atoms with Gasteiger partial charge in [-0.05, 0) is 25.7 Å². The standard InChI is InChI=1S/C26H40N8O13P2S/c27-23-20-24(30-12-29-23)34(13-31-20)25-22(38)21(37)15(45-25)10-44-48(40,41)47-49(42,43)46-18(36)8-2-1-5-9-28-17(35)7-4-3-6-16-19-14(11-50-16)32-26(39)33-19/h12-16,19,21-22,25,37-38H,1-11H2,(H,28,35)(H,40,41)(H,42,43)(H2,27,29,30)(H2,32,33,39)/t14-,15+,16-,19-,21?,22-,25+/m0/s1. The molecule has 3 fully saturated rings. The zero-order valence-corrected chi connectivity index (χ0v) is 29.2. The summed E-state index contributed by atoms with van der Waals surface area (Å²) < 4.78 is 44.6. The molecule has 3 aliphatic heterocycles. The van der Waals surface area contributed by atoms with Crippen LogP contribution in [-0.2, 0) is 36.8 Å². The maximum absolute atomic E-state index is 12.3. The molecule has 3 amide bonds. The van der Waals surface area contributed by atoms with E-state index in [4.69, 9.17) is 10.5 Å². The highest BCUT2D eigenvalue weighted by Gasteiger charge is 2.47. The number of ether oxygens (including phenoxy) is 1. The lowest BCUT2D eigenvalue weighted by Crippen LogP contribution is -2.36. The summed E-state index contributed by atoms with van der Waals surface area (Å²) in [5.41, 5.74) is 6.14. The summed E-state index contributed by atoms with van der Waals surface area (Å²) in [6.07, 6.45) is 0.311. The van der Waals surface area contributed by atoms with Crippen molar-refractivity contribution in [2.45, 2.75) is 93.2 Å². The SMILES string of the molecule is Nc1ncnc2c1ncn2[C@@H]1O[C@H](COP(=O)(O)OP(=O)(O)OC(=O)CCCCCNC(=O)CCCC[C@@H]2SC[C@@H]3NC(=O)N[C@@H]32)C(O)[C@@H]1O. The van der Waals surface area contributed by atoms with Crippen LogP contribution in [0, 0.1) is 0 Å². The fourth-order valence-electron chi connectivity index (χ4n) is 5.83. The van der Waals surface area contributed by atoms with Gasteiger partial charge in [0.05, 0.1) is 25.0 Å². The Morgan fingerprint density at radius 1 is 1.06 bits per heavy atom. The molecule has 0 bridgehead atoms. The number of imidazole rings is 1. The van der Waals surface area contributed by atoms with Crippen molar-refractivity contribution in [2.24, 2.45) is 0 Å². The van der Waals surface area contributed by atoms with E-state index in [1.165, 1.54) is 10.9 Å². The fourth-order valence-corrected chi connectivity index (χ4v) is 9.42. The number of urea groups is 1. The average molecular weight is 767 g/mol. The molecule has 3 saturated heterocycles. The van der Waals surface area contributed by atoms with Gasteiger partial charge in [0, 0.05) is 30.4 Å². The molecule has 0 spiro atoms. The van der Waals surface area contributed by atoms with E-state index in [-0.39, 0.29) is 53.8 Å².